The average molecular weight is 387 g/mol. The number of fused-ring (bicyclic) bond motifs is 1. The van der Waals surface area contributed by atoms with Gasteiger partial charge in [-0.05, 0) is 49.4 Å². The maximum Gasteiger partial charge on any atom is 0.338 e. The first kappa shape index (κ1) is 18.3. The highest BCUT2D eigenvalue weighted by atomic mass is 16.5. The lowest BCUT2D eigenvalue weighted by molar-refractivity contribution is 0.0526. The molecule has 2 aromatic carbocycles. The Morgan fingerprint density at radius 2 is 1.72 bits per heavy atom. The second-order valence-electron chi connectivity index (χ2n) is 6.14. The SMILES string of the molecule is CCOC(=O)c1ccc(NC(=O)c2ccc(-c3nnc4ncccn34)cc2)cc1. The Kier molecular flexibility index (Phi) is 4.98. The Labute approximate surface area is 166 Å². The molecule has 0 radical (unpaired) electrons. The summed E-state index contributed by atoms with van der Waals surface area (Å²) in [5.74, 6) is 0.510. The lowest BCUT2D eigenvalue weighted by Gasteiger charge is -2.07. The molecule has 0 spiro atoms. The van der Waals surface area contributed by atoms with Gasteiger partial charge in [-0.25, -0.2) is 9.78 Å². The highest BCUT2D eigenvalue weighted by molar-refractivity contribution is 6.04. The third-order valence-corrected chi connectivity index (χ3v) is 4.25. The van der Waals surface area contributed by atoms with E-state index in [2.05, 4.69) is 20.5 Å². The van der Waals surface area contributed by atoms with Crippen molar-refractivity contribution in [2.24, 2.45) is 0 Å². The summed E-state index contributed by atoms with van der Waals surface area (Å²) < 4.78 is 6.72. The van der Waals surface area contributed by atoms with Gasteiger partial charge in [0, 0.05) is 29.2 Å². The Hall–Kier alpha value is -4.07. The molecule has 0 saturated heterocycles. The van der Waals surface area contributed by atoms with Crippen LogP contribution in [0.4, 0.5) is 5.69 Å². The maximum absolute atomic E-state index is 12.5. The van der Waals surface area contributed by atoms with Crippen LogP contribution in [0.1, 0.15) is 27.6 Å². The van der Waals surface area contributed by atoms with Crippen molar-refractivity contribution in [3.8, 4) is 11.4 Å². The quantitative estimate of drug-likeness (QED) is 0.528. The molecule has 0 fully saturated rings. The van der Waals surface area contributed by atoms with E-state index in [0.29, 0.717) is 35.0 Å². The number of anilines is 1. The number of carbonyl (C=O) groups is 2. The number of esters is 1. The van der Waals surface area contributed by atoms with Crippen LogP contribution < -0.4 is 5.32 Å². The second kappa shape index (κ2) is 7.89. The van der Waals surface area contributed by atoms with Gasteiger partial charge in [0.15, 0.2) is 5.82 Å². The van der Waals surface area contributed by atoms with Crippen LogP contribution in [-0.2, 0) is 4.74 Å². The Morgan fingerprint density at radius 3 is 2.45 bits per heavy atom. The standard InChI is InChI=1S/C21H17N5O3/c1-2-29-20(28)16-8-10-17(11-9-16)23-19(27)15-6-4-14(5-7-15)18-24-25-21-22-12-3-13-26(18)21/h3-13H,2H2,1H3,(H,23,27). The number of nitrogens with one attached hydrogen (secondary N) is 1. The molecule has 8 heteroatoms. The van der Waals surface area contributed by atoms with Gasteiger partial charge in [0.05, 0.1) is 12.2 Å². The van der Waals surface area contributed by atoms with Crippen LogP contribution in [0.3, 0.4) is 0 Å². The molecule has 29 heavy (non-hydrogen) atoms. The molecule has 0 aliphatic heterocycles. The van der Waals surface area contributed by atoms with E-state index < -0.39 is 5.97 Å². The molecule has 0 aliphatic rings. The summed E-state index contributed by atoms with van der Waals surface area (Å²) in [7, 11) is 0. The summed E-state index contributed by atoms with van der Waals surface area (Å²) >= 11 is 0. The van der Waals surface area contributed by atoms with E-state index in [-0.39, 0.29) is 5.91 Å². The van der Waals surface area contributed by atoms with Gasteiger partial charge >= 0.3 is 5.97 Å². The summed E-state index contributed by atoms with van der Waals surface area (Å²) in [5, 5.41) is 11.0. The summed E-state index contributed by atoms with van der Waals surface area (Å²) in [5.41, 5.74) is 2.34. The van der Waals surface area contributed by atoms with Crippen molar-refractivity contribution in [2.45, 2.75) is 6.92 Å². The lowest BCUT2D eigenvalue weighted by Crippen LogP contribution is -2.12. The highest BCUT2D eigenvalue weighted by Crippen LogP contribution is 2.19. The van der Waals surface area contributed by atoms with Crippen molar-refractivity contribution in [3.05, 3.63) is 78.1 Å². The first-order valence-corrected chi connectivity index (χ1v) is 9.00. The zero-order chi connectivity index (χ0) is 20.2. The molecule has 0 aliphatic carbocycles. The molecule has 0 unspecified atom stereocenters. The molecule has 1 amide bonds. The Balaban J connectivity index is 1.48. The molecule has 8 nitrogen and oxygen atoms in total. The maximum atomic E-state index is 12.5. The average Bonchev–Trinajstić information content (AvgIpc) is 3.19. The number of carbonyl (C=O) groups excluding carboxylic acids is 2. The zero-order valence-electron chi connectivity index (χ0n) is 15.6. The number of hydrogen-bond acceptors (Lipinski definition) is 6. The molecular weight excluding hydrogens is 370 g/mol. The van der Waals surface area contributed by atoms with Gasteiger partial charge in [-0.3, -0.25) is 9.20 Å². The number of aromatic nitrogens is 4. The molecular formula is C21H17N5O3. The first-order chi connectivity index (χ1) is 14.2. The van der Waals surface area contributed by atoms with Crippen LogP contribution in [0.25, 0.3) is 17.2 Å². The first-order valence-electron chi connectivity index (χ1n) is 9.00. The van der Waals surface area contributed by atoms with Crippen LogP contribution in [0, 0.1) is 0 Å². The number of hydrogen-bond donors (Lipinski definition) is 1. The molecule has 2 aromatic heterocycles. The van der Waals surface area contributed by atoms with E-state index in [9.17, 15) is 9.59 Å². The molecule has 144 valence electrons. The molecule has 4 rings (SSSR count). The topological polar surface area (TPSA) is 98.5 Å². The molecule has 1 N–H and O–H groups in total. The van der Waals surface area contributed by atoms with E-state index in [4.69, 9.17) is 4.74 Å². The molecule has 4 aromatic rings. The van der Waals surface area contributed by atoms with Crippen LogP contribution >= 0.6 is 0 Å². The monoisotopic (exact) mass is 387 g/mol. The van der Waals surface area contributed by atoms with Gasteiger partial charge in [-0.1, -0.05) is 12.1 Å². The summed E-state index contributed by atoms with van der Waals surface area (Å²) in [6.07, 6.45) is 3.48. The highest BCUT2D eigenvalue weighted by Gasteiger charge is 2.11. The van der Waals surface area contributed by atoms with Gasteiger partial charge < -0.3 is 10.1 Å². The van der Waals surface area contributed by atoms with Gasteiger partial charge in [-0.2, -0.15) is 0 Å². The molecule has 0 bridgehead atoms. The van der Waals surface area contributed by atoms with Crippen molar-refractivity contribution < 1.29 is 14.3 Å². The van der Waals surface area contributed by atoms with Crippen molar-refractivity contribution in [2.75, 3.05) is 11.9 Å². The predicted octanol–water partition coefficient (Wildman–Crippen LogP) is 3.22. The normalized spacial score (nSPS) is 10.7. The van der Waals surface area contributed by atoms with Crippen LogP contribution in [0.2, 0.25) is 0 Å². The van der Waals surface area contributed by atoms with E-state index in [1.54, 1.807) is 60.0 Å². The largest absolute Gasteiger partial charge is 0.462 e. The number of benzene rings is 2. The number of rotatable bonds is 5. The second-order valence-corrected chi connectivity index (χ2v) is 6.14. The predicted molar refractivity (Wildman–Crippen MR) is 107 cm³/mol. The Bertz CT molecular complexity index is 1170. The minimum Gasteiger partial charge on any atom is -0.462 e. The van der Waals surface area contributed by atoms with Gasteiger partial charge in [-0.15, -0.1) is 10.2 Å². The van der Waals surface area contributed by atoms with Crippen LogP contribution in [0.15, 0.2) is 67.0 Å². The van der Waals surface area contributed by atoms with Crippen molar-refractivity contribution in [3.63, 3.8) is 0 Å². The fourth-order valence-electron chi connectivity index (χ4n) is 2.82. The summed E-state index contributed by atoms with van der Waals surface area (Å²) in [4.78, 5) is 28.3. The number of nitrogens with zero attached hydrogens (tertiary/aromatic N) is 4. The molecule has 0 atom stereocenters. The number of amides is 1. The van der Waals surface area contributed by atoms with Gasteiger partial charge in [0.1, 0.15) is 0 Å². The fourth-order valence-corrected chi connectivity index (χ4v) is 2.82. The van der Waals surface area contributed by atoms with E-state index in [1.165, 1.54) is 0 Å². The van der Waals surface area contributed by atoms with Gasteiger partial charge in [0.25, 0.3) is 11.7 Å². The van der Waals surface area contributed by atoms with Gasteiger partial charge in [0.2, 0.25) is 0 Å². The van der Waals surface area contributed by atoms with E-state index in [1.807, 2.05) is 18.3 Å². The third-order valence-electron chi connectivity index (χ3n) is 4.25. The van der Waals surface area contributed by atoms with Crippen molar-refractivity contribution in [1.29, 1.82) is 0 Å². The summed E-state index contributed by atoms with van der Waals surface area (Å²) in [6, 6.07) is 15.4. The zero-order valence-corrected chi connectivity index (χ0v) is 15.6. The van der Waals surface area contributed by atoms with Crippen molar-refractivity contribution in [1.82, 2.24) is 19.6 Å². The lowest BCUT2D eigenvalue weighted by atomic mass is 10.1. The summed E-state index contributed by atoms with van der Waals surface area (Å²) in [6.45, 7) is 2.06. The van der Waals surface area contributed by atoms with E-state index in [0.717, 1.165) is 5.56 Å². The molecule has 0 saturated carbocycles. The number of ether oxygens (including phenoxy) is 1. The Morgan fingerprint density at radius 1 is 1.00 bits per heavy atom. The molecule has 2 heterocycles. The smallest absolute Gasteiger partial charge is 0.338 e. The van der Waals surface area contributed by atoms with E-state index >= 15 is 0 Å². The minimum absolute atomic E-state index is 0.256. The van der Waals surface area contributed by atoms with Crippen molar-refractivity contribution >= 4 is 23.3 Å². The fraction of sp³-hybridized carbons (Fsp3) is 0.0952. The minimum atomic E-state index is -0.392. The van der Waals surface area contributed by atoms with Crippen LogP contribution in [0.5, 0.6) is 0 Å². The third kappa shape index (κ3) is 3.81. The van der Waals surface area contributed by atoms with Crippen LogP contribution in [-0.4, -0.2) is 38.1 Å².